The highest BCUT2D eigenvalue weighted by Gasteiger charge is 2.06. The quantitative estimate of drug-likeness (QED) is 0.686. The molecule has 0 aliphatic heterocycles. The van der Waals surface area contributed by atoms with E-state index in [4.69, 9.17) is 0 Å². The van der Waals surface area contributed by atoms with Crippen LogP contribution >= 0.6 is 11.8 Å². The highest BCUT2D eigenvalue weighted by Crippen LogP contribution is 2.22. The van der Waals surface area contributed by atoms with E-state index in [-0.39, 0.29) is 0 Å². The van der Waals surface area contributed by atoms with Crippen LogP contribution in [0.25, 0.3) is 5.82 Å². The Morgan fingerprint density at radius 1 is 1.00 bits per heavy atom. The third-order valence-electron chi connectivity index (χ3n) is 3.49. The Hall–Kier alpha value is -2.14. The molecule has 1 aromatic carbocycles. The van der Waals surface area contributed by atoms with Crippen molar-refractivity contribution in [2.75, 3.05) is 0 Å². The summed E-state index contributed by atoms with van der Waals surface area (Å²) in [4.78, 5) is 0. The number of aryl methyl sites for hydroxylation is 3. The Balaban J connectivity index is 1.72. The molecule has 2 aromatic heterocycles. The molecule has 0 bridgehead atoms. The number of hydrogen-bond acceptors (Lipinski definition) is 4. The lowest BCUT2D eigenvalue weighted by molar-refractivity contribution is 0.765. The molecule has 0 saturated heterocycles. The normalized spacial score (nSPS) is 10.9. The van der Waals surface area contributed by atoms with E-state index in [0.29, 0.717) is 0 Å². The second kappa shape index (κ2) is 6.32. The van der Waals surface area contributed by atoms with Crippen LogP contribution in [0.5, 0.6) is 0 Å². The molecule has 0 unspecified atom stereocenters. The predicted octanol–water partition coefficient (Wildman–Crippen LogP) is 3.88. The molecule has 112 valence electrons. The van der Waals surface area contributed by atoms with Crippen molar-refractivity contribution in [2.24, 2.45) is 0 Å². The highest BCUT2D eigenvalue weighted by molar-refractivity contribution is 7.98. The summed E-state index contributed by atoms with van der Waals surface area (Å²) in [6.45, 7) is 6.12. The molecule has 3 aromatic rings. The first kappa shape index (κ1) is 14.8. The number of hydrogen-bond donors (Lipinski definition) is 0. The van der Waals surface area contributed by atoms with Crippen molar-refractivity contribution >= 4 is 11.8 Å². The molecule has 0 aliphatic carbocycles. The van der Waals surface area contributed by atoms with Crippen LogP contribution in [-0.4, -0.2) is 20.0 Å². The van der Waals surface area contributed by atoms with Crippen molar-refractivity contribution in [1.82, 2.24) is 20.0 Å². The van der Waals surface area contributed by atoms with Gasteiger partial charge in [-0.25, -0.2) is 4.68 Å². The second-order valence-electron chi connectivity index (χ2n) is 5.28. The van der Waals surface area contributed by atoms with E-state index in [1.54, 1.807) is 11.8 Å². The van der Waals surface area contributed by atoms with Crippen molar-refractivity contribution in [1.29, 1.82) is 0 Å². The minimum atomic E-state index is 0.755. The standard InChI is InChI=1S/C17H18N4S/c1-12-6-4-5-7-15(12)11-22-17-9-8-16(18-19-17)21-14(3)10-13(2)20-21/h4-10H,11H2,1-3H3. The van der Waals surface area contributed by atoms with Crippen molar-refractivity contribution in [3.63, 3.8) is 0 Å². The van der Waals surface area contributed by atoms with Gasteiger partial charge >= 0.3 is 0 Å². The van der Waals surface area contributed by atoms with Gasteiger partial charge in [0.25, 0.3) is 0 Å². The van der Waals surface area contributed by atoms with Gasteiger partial charge in [0.1, 0.15) is 5.03 Å². The average Bonchev–Trinajstić information content (AvgIpc) is 2.86. The maximum absolute atomic E-state index is 4.42. The molecule has 0 aliphatic rings. The molecule has 0 radical (unpaired) electrons. The van der Waals surface area contributed by atoms with Gasteiger partial charge in [0.05, 0.1) is 5.69 Å². The summed E-state index contributed by atoms with van der Waals surface area (Å²) in [7, 11) is 0. The van der Waals surface area contributed by atoms with E-state index in [0.717, 1.165) is 28.0 Å². The molecule has 0 amide bonds. The lowest BCUT2D eigenvalue weighted by Crippen LogP contribution is -2.03. The van der Waals surface area contributed by atoms with Gasteiger partial charge in [-0.1, -0.05) is 36.0 Å². The van der Waals surface area contributed by atoms with Crippen molar-refractivity contribution in [2.45, 2.75) is 31.6 Å². The van der Waals surface area contributed by atoms with Crippen LogP contribution in [0.15, 0.2) is 47.5 Å². The number of nitrogens with zero attached hydrogens (tertiary/aromatic N) is 4. The molecular weight excluding hydrogens is 292 g/mol. The third kappa shape index (κ3) is 3.20. The lowest BCUT2D eigenvalue weighted by atomic mass is 10.1. The molecular formula is C17H18N4S. The van der Waals surface area contributed by atoms with Gasteiger partial charge in [0.2, 0.25) is 0 Å². The van der Waals surface area contributed by atoms with E-state index in [9.17, 15) is 0 Å². The van der Waals surface area contributed by atoms with E-state index < -0.39 is 0 Å². The summed E-state index contributed by atoms with van der Waals surface area (Å²) in [5.74, 6) is 1.66. The zero-order valence-corrected chi connectivity index (χ0v) is 13.8. The first-order valence-corrected chi connectivity index (χ1v) is 8.17. The Bertz CT molecular complexity index is 778. The molecule has 0 atom stereocenters. The molecule has 4 nitrogen and oxygen atoms in total. The summed E-state index contributed by atoms with van der Waals surface area (Å²) in [5.41, 5.74) is 4.68. The van der Waals surface area contributed by atoms with Gasteiger partial charge in [-0.15, -0.1) is 10.2 Å². The molecule has 0 saturated carbocycles. The Kier molecular flexibility index (Phi) is 4.24. The lowest BCUT2D eigenvalue weighted by Gasteiger charge is -2.06. The van der Waals surface area contributed by atoms with E-state index in [1.807, 2.05) is 36.7 Å². The summed E-state index contributed by atoms with van der Waals surface area (Å²) < 4.78 is 1.82. The molecule has 3 rings (SSSR count). The Morgan fingerprint density at radius 3 is 2.45 bits per heavy atom. The minimum Gasteiger partial charge on any atom is -0.218 e. The second-order valence-corrected chi connectivity index (χ2v) is 6.28. The van der Waals surface area contributed by atoms with E-state index in [1.165, 1.54) is 11.1 Å². The van der Waals surface area contributed by atoms with Gasteiger partial charge < -0.3 is 0 Å². The highest BCUT2D eigenvalue weighted by atomic mass is 32.2. The Morgan fingerprint density at radius 2 is 1.82 bits per heavy atom. The zero-order valence-electron chi connectivity index (χ0n) is 12.9. The monoisotopic (exact) mass is 310 g/mol. The summed E-state index contributed by atoms with van der Waals surface area (Å²) >= 11 is 1.70. The number of rotatable bonds is 4. The van der Waals surface area contributed by atoms with Gasteiger partial charge in [-0.05, 0) is 50.1 Å². The van der Waals surface area contributed by atoms with Crippen molar-refractivity contribution in [3.8, 4) is 5.82 Å². The van der Waals surface area contributed by atoms with Gasteiger partial charge in [-0.3, -0.25) is 0 Å². The fraction of sp³-hybridized carbons (Fsp3) is 0.235. The fourth-order valence-corrected chi connectivity index (χ4v) is 3.18. The van der Waals surface area contributed by atoms with E-state index >= 15 is 0 Å². The predicted molar refractivity (Wildman–Crippen MR) is 89.4 cm³/mol. The minimum absolute atomic E-state index is 0.755. The first-order valence-electron chi connectivity index (χ1n) is 7.18. The Labute approximate surface area is 134 Å². The fourth-order valence-electron chi connectivity index (χ4n) is 2.29. The number of benzene rings is 1. The largest absolute Gasteiger partial charge is 0.218 e. The molecule has 5 heteroatoms. The molecule has 0 spiro atoms. The maximum Gasteiger partial charge on any atom is 0.175 e. The zero-order chi connectivity index (χ0) is 15.5. The van der Waals surface area contributed by atoms with E-state index in [2.05, 4.69) is 46.5 Å². The van der Waals surface area contributed by atoms with Crippen LogP contribution in [-0.2, 0) is 5.75 Å². The van der Waals surface area contributed by atoms with Gasteiger partial charge in [-0.2, -0.15) is 5.10 Å². The molecule has 2 heterocycles. The van der Waals surface area contributed by atoms with Gasteiger partial charge in [0.15, 0.2) is 5.82 Å². The maximum atomic E-state index is 4.42. The first-order chi connectivity index (χ1) is 10.6. The van der Waals surface area contributed by atoms with Crippen molar-refractivity contribution < 1.29 is 0 Å². The summed E-state index contributed by atoms with van der Waals surface area (Å²) in [6.07, 6.45) is 0. The van der Waals surface area contributed by atoms with Crippen LogP contribution in [0.4, 0.5) is 0 Å². The summed E-state index contributed by atoms with van der Waals surface area (Å²) in [5, 5.41) is 13.9. The molecule has 0 N–H and O–H groups in total. The third-order valence-corrected chi connectivity index (χ3v) is 4.46. The molecule has 0 fully saturated rings. The van der Waals surface area contributed by atoms with Crippen LogP contribution in [0.3, 0.4) is 0 Å². The number of aromatic nitrogens is 4. The van der Waals surface area contributed by atoms with Crippen LogP contribution in [0.2, 0.25) is 0 Å². The topological polar surface area (TPSA) is 43.6 Å². The van der Waals surface area contributed by atoms with Crippen LogP contribution < -0.4 is 0 Å². The smallest absolute Gasteiger partial charge is 0.175 e. The summed E-state index contributed by atoms with van der Waals surface area (Å²) in [6, 6.07) is 14.4. The van der Waals surface area contributed by atoms with Crippen LogP contribution in [0.1, 0.15) is 22.5 Å². The average molecular weight is 310 g/mol. The number of thioether (sulfide) groups is 1. The van der Waals surface area contributed by atoms with Crippen LogP contribution in [0, 0.1) is 20.8 Å². The SMILES string of the molecule is Cc1cc(C)n(-c2ccc(SCc3ccccc3C)nn2)n1. The van der Waals surface area contributed by atoms with Crippen molar-refractivity contribution in [3.05, 3.63) is 65.0 Å². The molecule has 22 heavy (non-hydrogen) atoms. The van der Waals surface area contributed by atoms with Gasteiger partial charge in [0, 0.05) is 11.4 Å².